The zero-order valence-electron chi connectivity index (χ0n) is 16.3. The summed E-state index contributed by atoms with van der Waals surface area (Å²) in [6.07, 6.45) is 5.55. The van der Waals surface area contributed by atoms with Crippen LogP contribution < -0.4 is 11.1 Å². The minimum Gasteiger partial charge on any atom is -0.466 e. The number of aryl methyl sites for hydroxylation is 1. The number of aliphatic hydroxyl groups is 1. The molecule has 0 aromatic carbocycles. The monoisotopic (exact) mass is 378 g/mol. The van der Waals surface area contributed by atoms with Gasteiger partial charge in [-0.1, -0.05) is 0 Å². The molecule has 0 saturated heterocycles. The van der Waals surface area contributed by atoms with Gasteiger partial charge >= 0.3 is 5.97 Å². The molecule has 0 bridgehead atoms. The number of aromatic nitrogens is 2. The third-order valence-corrected chi connectivity index (χ3v) is 4.61. The van der Waals surface area contributed by atoms with Crippen LogP contribution in [-0.4, -0.2) is 46.6 Å². The largest absolute Gasteiger partial charge is 0.466 e. The maximum Gasteiger partial charge on any atom is 0.308 e. The molecule has 0 amide bonds. The third-order valence-electron chi connectivity index (χ3n) is 4.61. The van der Waals surface area contributed by atoms with E-state index in [0.29, 0.717) is 24.7 Å². The molecule has 1 aromatic rings. The van der Waals surface area contributed by atoms with Crippen LogP contribution in [-0.2, 0) is 14.3 Å². The van der Waals surface area contributed by atoms with E-state index in [2.05, 4.69) is 15.3 Å². The van der Waals surface area contributed by atoms with Crippen LogP contribution in [0.4, 0.5) is 11.8 Å². The number of carbonyl (C=O) groups excluding carboxylic acids is 1. The number of esters is 1. The lowest BCUT2D eigenvalue weighted by molar-refractivity contribution is -0.149. The van der Waals surface area contributed by atoms with E-state index in [1.807, 2.05) is 20.8 Å². The number of hydrogen-bond donors (Lipinski definition) is 3. The Morgan fingerprint density at radius 2 is 2.00 bits per heavy atom. The van der Waals surface area contributed by atoms with E-state index in [9.17, 15) is 9.90 Å². The van der Waals surface area contributed by atoms with Crippen molar-refractivity contribution in [3.8, 4) is 0 Å². The smallest absolute Gasteiger partial charge is 0.308 e. The predicted octanol–water partition coefficient (Wildman–Crippen LogP) is 2.27. The van der Waals surface area contributed by atoms with Gasteiger partial charge in [-0.25, -0.2) is 4.98 Å². The maximum atomic E-state index is 11.9. The van der Waals surface area contributed by atoms with Crippen molar-refractivity contribution < 1.29 is 19.4 Å². The highest BCUT2D eigenvalue weighted by Crippen LogP contribution is 2.29. The fourth-order valence-corrected chi connectivity index (χ4v) is 3.24. The number of rotatable bonds is 8. The van der Waals surface area contributed by atoms with Gasteiger partial charge in [0.25, 0.3) is 0 Å². The van der Waals surface area contributed by atoms with Crippen LogP contribution in [0.2, 0.25) is 0 Å². The summed E-state index contributed by atoms with van der Waals surface area (Å²) in [7, 11) is 0. The van der Waals surface area contributed by atoms with Gasteiger partial charge in [0.2, 0.25) is 5.95 Å². The quantitative estimate of drug-likeness (QED) is 0.465. The van der Waals surface area contributed by atoms with E-state index < -0.39 is 6.29 Å². The van der Waals surface area contributed by atoms with E-state index in [0.717, 1.165) is 31.2 Å². The minimum absolute atomic E-state index is 0.0269. The number of hydrogen-bond acceptors (Lipinski definition) is 8. The summed E-state index contributed by atoms with van der Waals surface area (Å²) in [4.78, 5) is 20.4. The Kier molecular flexibility index (Phi) is 7.99. The Hall–Kier alpha value is -2.19. The fraction of sp³-hybridized carbons (Fsp3) is 0.632. The van der Waals surface area contributed by atoms with Crippen molar-refractivity contribution >= 4 is 23.8 Å². The van der Waals surface area contributed by atoms with Crippen LogP contribution in [0.15, 0.2) is 6.08 Å². The zero-order chi connectivity index (χ0) is 19.8. The molecule has 8 heteroatoms. The average Bonchev–Trinajstić information content (AvgIpc) is 2.62. The van der Waals surface area contributed by atoms with E-state index in [4.69, 9.17) is 15.2 Å². The fourth-order valence-electron chi connectivity index (χ4n) is 3.24. The molecule has 4 N–H and O–H groups in total. The first-order chi connectivity index (χ1) is 12.9. The van der Waals surface area contributed by atoms with Gasteiger partial charge in [-0.2, -0.15) is 4.98 Å². The number of aliphatic hydroxyl groups excluding tert-OH is 1. The number of nitrogens with zero attached hydrogens (tertiary/aromatic N) is 2. The zero-order valence-corrected chi connectivity index (χ0v) is 16.3. The number of nitrogens with one attached hydrogen (secondary N) is 1. The van der Waals surface area contributed by atoms with Crippen LogP contribution in [0, 0.1) is 12.8 Å². The molecule has 2 rings (SSSR count). The Balaban J connectivity index is 2.07. The summed E-state index contributed by atoms with van der Waals surface area (Å²) in [5.41, 5.74) is 7.28. The molecule has 1 atom stereocenters. The van der Waals surface area contributed by atoms with Gasteiger partial charge in [0.15, 0.2) is 6.29 Å². The highest BCUT2D eigenvalue weighted by atomic mass is 16.6. The molecule has 0 aliphatic heterocycles. The van der Waals surface area contributed by atoms with Crippen molar-refractivity contribution in [2.24, 2.45) is 5.92 Å². The van der Waals surface area contributed by atoms with Gasteiger partial charge in [0, 0.05) is 18.2 Å². The molecule has 1 saturated carbocycles. The van der Waals surface area contributed by atoms with Crippen LogP contribution in [0.25, 0.3) is 6.08 Å². The lowest BCUT2D eigenvalue weighted by Crippen LogP contribution is -2.31. The van der Waals surface area contributed by atoms with Crippen LogP contribution in [0.3, 0.4) is 0 Å². The van der Waals surface area contributed by atoms with Gasteiger partial charge in [0.1, 0.15) is 5.82 Å². The third kappa shape index (κ3) is 6.18. The first kappa shape index (κ1) is 21.1. The molecule has 0 radical (unpaired) electrons. The second-order valence-corrected chi connectivity index (χ2v) is 6.58. The van der Waals surface area contributed by atoms with Crippen LogP contribution >= 0.6 is 0 Å². The molecule has 0 spiro atoms. The van der Waals surface area contributed by atoms with E-state index in [1.54, 1.807) is 12.2 Å². The summed E-state index contributed by atoms with van der Waals surface area (Å²) in [6, 6.07) is 0.188. The molecule has 1 aliphatic carbocycles. The number of ether oxygens (including phenoxy) is 2. The Morgan fingerprint density at radius 3 is 2.63 bits per heavy atom. The van der Waals surface area contributed by atoms with Crippen molar-refractivity contribution in [1.29, 1.82) is 0 Å². The Labute approximate surface area is 160 Å². The van der Waals surface area contributed by atoms with E-state index in [1.165, 1.54) is 0 Å². The average molecular weight is 378 g/mol. The van der Waals surface area contributed by atoms with Crippen LogP contribution in [0.5, 0.6) is 0 Å². The summed E-state index contributed by atoms with van der Waals surface area (Å²) >= 11 is 0. The summed E-state index contributed by atoms with van der Waals surface area (Å²) < 4.78 is 10.2. The topological polar surface area (TPSA) is 120 Å². The van der Waals surface area contributed by atoms with Gasteiger partial charge in [-0.15, -0.1) is 0 Å². The normalized spacial score (nSPS) is 21.2. The van der Waals surface area contributed by atoms with Gasteiger partial charge in [-0.05, 0) is 58.6 Å². The summed E-state index contributed by atoms with van der Waals surface area (Å²) in [5, 5.41) is 13.2. The first-order valence-corrected chi connectivity index (χ1v) is 9.49. The maximum absolute atomic E-state index is 11.9. The van der Waals surface area contributed by atoms with Gasteiger partial charge in [0.05, 0.1) is 18.2 Å². The lowest BCUT2D eigenvalue weighted by Gasteiger charge is -2.28. The Bertz CT molecular complexity index is 657. The van der Waals surface area contributed by atoms with E-state index >= 15 is 0 Å². The number of anilines is 2. The van der Waals surface area contributed by atoms with Crippen molar-refractivity contribution in [3.05, 3.63) is 17.3 Å². The van der Waals surface area contributed by atoms with Crippen molar-refractivity contribution in [2.45, 2.75) is 58.8 Å². The molecule has 1 fully saturated rings. The highest BCUT2D eigenvalue weighted by Gasteiger charge is 2.27. The number of nitrogen functional groups attached to an aromatic ring is 1. The predicted molar refractivity (Wildman–Crippen MR) is 104 cm³/mol. The molecule has 1 heterocycles. The summed E-state index contributed by atoms with van der Waals surface area (Å²) in [6.45, 7) is 6.31. The van der Waals surface area contributed by atoms with Crippen LogP contribution in [0.1, 0.15) is 50.8 Å². The second kappa shape index (κ2) is 10.2. The molecule has 1 aliphatic rings. The SMILES string of the molecule is CCOC(=O)C1CCC(Nc2nc(N)nc(C)c2/C=C/C(O)OCC)CC1. The number of nitrogens with two attached hydrogens (primary N) is 1. The molecule has 150 valence electrons. The standard InChI is InChI=1S/C19H30N4O4/c1-4-26-16(24)11-10-15-12(3)21-19(20)23-17(15)22-14-8-6-13(7-9-14)18(25)27-5-2/h10-11,13-14,16,24H,4-9H2,1-3H3,(H3,20,21,22,23)/b11-10+. The Morgan fingerprint density at radius 1 is 1.30 bits per heavy atom. The van der Waals surface area contributed by atoms with E-state index in [-0.39, 0.29) is 23.9 Å². The second-order valence-electron chi connectivity index (χ2n) is 6.58. The lowest BCUT2D eigenvalue weighted by atomic mass is 9.86. The molecule has 27 heavy (non-hydrogen) atoms. The molecule has 8 nitrogen and oxygen atoms in total. The highest BCUT2D eigenvalue weighted by molar-refractivity contribution is 5.72. The first-order valence-electron chi connectivity index (χ1n) is 9.49. The minimum atomic E-state index is -0.986. The number of carbonyl (C=O) groups is 1. The van der Waals surface area contributed by atoms with Gasteiger partial charge < -0.3 is 25.6 Å². The molecule has 1 unspecified atom stereocenters. The van der Waals surface area contributed by atoms with Gasteiger partial charge in [-0.3, -0.25) is 4.79 Å². The van der Waals surface area contributed by atoms with Crippen molar-refractivity contribution in [1.82, 2.24) is 9.97 Å². The summed E-state index contributed by atoms with van der Waals surface area (Å²) in [5.74, 6) is 0.685. The van der Waals surface area contributed by atoms with Crippen molar-refractivity contribution in [2.75, 3.05) is 24.3 Å². The molecular weight excluding hydrogens is 348 g/mol. The molecular formula is C19H30N4O4. The molecule has 1 aromatic heterocycles. The van der Waals surface area contributed by atoms with Crippen molar-refractivity contribution in [3.63, 3.8) is 0 Å².